The van der Waals surface area contributed by atoms with Crippen LogP contribution in [0.5, 0.6) is 0 Å². The van der Waals surface area contributed by atoms with E-state index in [1.54, 1.807) is 0 Å². The minimum absolute atomic E-state index is 0.904. The average molecular weight is 200 g/mol. The Labute approximate surface area is 87.8 Å². The van der Waals surface area contributed by atoms with Crippen molar-refractivity contribution < 1.29 is 4.74 Å². The van der Waals surface area contributed by atoms with Gasteiger partial charge in [0.2, 0.25) is 0 Å². The predicted molar refractivity (Wildman–Crippen MR) is 59.7 cm³/mol. The summed E-state index contributed by atoms with van der Waals surface area (Å²) in [6.45, 7) is 9.78. The van der Waals surface area contributed by atoms with Gasteiger partial charge in [-0.1, -0.05) is 6.92 Å². The second-order valence-electron chi connectivity index (χ2n) is 3.87. The maximum absolute atomic E-state index is 5.56. The molecule has 0 atom stereocenters. The van der Waals surface area contributed by atoms with E-state index in [0.29, 0.717) is 0 Å². The molecule has 14 heavy (non-hydrogen) atoms. The number of nitrogens with one attached hydrogen (secondary N) is 1. The van der Waals surface area contributed by atoms with E-state index < -0.39 is 0 Å². The van der Waals surface area contributed by atoms with E-state index in [1.807, 2.05) is 0 Å². The van der Waals surface area contributed by atoms with E-state index in [4.69, 9.17) is 4.74 Å². The zero-order valence-electron chi connectivity index (χ0n) is 9.43. The molecular weight excluding hydrogens is 176 g/mol. The normalized spacial score (nSPS) is 17.8. The van der Waals surface area contributed by atoms with Crippen molar-refractivity contribution >= 4 is 0 Å². The lowest BCUT2D eigenvalue weighted by Gasteiger charge is -2.14. The Hall–Kier alpha value is -0.120. The van der Waals surface area contributed by atoms with Crippen LogP contribution >= 0.6 is 0 Å². The second-order valence-corrected chi connectivity index (χ2v) is 3.87. The smallest absolute Gasteiger partial charge is 0.0593 e. The molecule has 3 heteroatoms. The number of ether oxygens (including phenoxy) is 1. The molecule has 0 aromatic rings. The minimum atomic E-state index is 0.904. The second kappa shape index (κ2) is 8.21. The van der Waals surface area contributed by atoms with Gasteiger partial charge in [-0.05, 0) is 45.4 Å². The van der Waals surface area contributed by atoms with E-state index in [1.165, 1.54) is 25.9 Å². The number of nitrogens with zero attached hydrogens (tertiary/aromatic N) is 1. The summed E-state index contributed by atoms with van der Waals surface area (Å²) in [7, 11) is 0. The van der Waals surface area contributed by atoms with E-state index in [9.17, 15) is 0 Å². The maximum atomic E-state index is 5.56. The Morgan fingerprint density at radius 3 is 2.71 bits per heavy atom. The van der Waals surface area contributed by atoms with Crippen LogP contribution in [-0.2, 0) is 4.74 Å². The molecule has 1 saturated heterocycles. The summed E-state index contributed by atoms with van der Waals surface area (Å²) in [5.41, 5.74) is 0. The molecule has 0 unspecified atom stereocenters. The molecule has 0 amide bonds. The van der Waals surface area contributed by atoms with Crippen molar-refractivity contribution in [3.05, 3.63) is 0 Å². The standard InChI is InChI=1S/C11H24N2O/c1-2-12-6-5-10-14-11-9-13-7-3-4-8-13/h12H,2-11H2,1H3. The van der Waals surface area contributed by atoms with Crippen LogP contribution in [0.2, 0.25) is 0 Å². The number of likely N-dealkylation sites (tertiary alicyclic amines) is 1. The lowest BCUT2D eigenvalue weighted by Crippen LogP contribution is -2.24. The van der Waals surface area contributed by atoms with E-state index in [-0.39, 0.29) is 0 Å². The van der Waals surface area contributed by atoms with E-state index >= 15 is 0 Å². The zero-order valence-corrected chi connectivity index (χ0v) is 9.43. The van der Waals surface area contributed by atoms with Crippen LogP contribution in [0, 0.1) is 0 Å². The van der Waals surface area contributed by atoms with E-state index in [0.717, 1.165) is 39.3 Å². The van der Waals surface area contributed by atoms with Gasteiger partial charge in [0.15, 0.2) is 0 Å². The van der Waals surface area contributed by atoms with Crippen molar-refractivity contribution in [2.24, 2.45) is 0 Å². The molecule has 84 valence electrons. The molecule has 0 aromatic carbocycles. The van der Waals surface area contributed by atoms with Gasteiger partial charge < -0.3 is 15.0 Å². The average Bonchev–Trinajstić information content (AvgIpc) is 2.69. The molecule has 0 bridgehead atoms. The van der Waals surface area contributed by atoms with Gasteiger partial charge in [-0.3, -0.25) is 0 Å². The van der Waals surface area contributed by atoms with Crippen molar-refractivity contribution in [3.63, 3.8) is 0 Å². The van der Waals surface area contributed by atoms with Crippen LogP contribution in [-0.4, -0.2) is 50.8 Å². The van der Waals surface area contributed by atoms with Gasteiger partial charge in [0.25, 0.3) is 0 Å². The van der Waals surface area contributed by atoms with Gasteiger partial charge in [-0.15, -0.1) is 0 Å². The monoisotopic (exact) mass is 200 g/mol. The van der Waals surface area contributed by atoms with Crippen molar-refractivity contribution in [3.8, 4) is 0 Å². The largest absolute Gasteiger partial charge is 0.380 e. The Bertz CT molecular complexity index is 124. The summed E-state index contributed by atoms with van der Waals surface area (Å²) in [5, 5.41) is 3.29. The third kappa shape index (κ3) is 5.58. The molecule has 1 N–H and O–H groups in total. The highest BCUT2D eigenvalue weighted by molar-refractivity contribution is 4.65. The van der Waals surface area contributed by atoms with Crippen LogP contribution in [0.25, 0.3) is 0 Å². The quantitative estimate of drug-likeness (QED) is 0.594. The van der Waals surface area contributed by atoms with Gasteiger partial charge in [-0.25, -0.2) is 0 Å². The van der Waals surface area contributed by atoms with Crippen LogP contribution in [0.3, 0.4) is 0 Å². The Balaban J connectivity index is 1.75. The highest BCUT2D eigenvalue weighted by Crippen LogP contribution is 2.05. The molecular formula is C11H24N2O. The molecule has 0 aromatic heterocycles. The number of hydrogen-bond acceptors (Lipinski definition) is 3. The first-order valence-electron chi connectivity index (χ1n) is 5.94. The Morgan fingerprint density at radius 1 is 1.21 bits per heavy atom. The third-order valence-corrected chi connectivity index (χ3v) is 2.64. The fourth-order valence-corrected chi connectivity index (χ4v) is 1.78. The number of hydrogen-bond donors (Lipinski definition) is 1. The SMILES string of the molecule is CCNCCCOCCN1CCCC1. The summed E-state index contributed by atoms with van der Waals surface area (Å²) in [4.78, 5) is 2.49. The van der Waals surface area contributed by atoms with Gasteiger partial charge in [0.05, 0.1) is 6.61 Å². The van der Waals surface area contributed by atoms with Crippen LogP contribution in [0.4, 0.5) is 0 Å². The summed E-state index contributed by atoms with van der Waals surface area (Å²) in [6, 6.07) is 0. The lowest BCUT2D eigenvalue weighted by molar-refractivity contribution is 0.109. The van der Waals surface area contributed by atoms with Crippen LogP contribution < -0.4 is 5.32 Å². The van der Waals surface area contributed by atoms with Crippen molar-refractivity contribution in [1.82, 2.24) is 10.2 Å². The molecule has 0 spiro atoms. The summed E-state index contributed by atoms with van der Waals surface area (Å²) >= 11 is 0. The Morgan fingerprint density at radius 2 is 2.00 bits per heavy atom. The highest BCUT2D eigenvalue weighted by atomic mass is 16.5. The molecule has 1 aliphatic heterocycles. The fraction of sp³-hybridized carbons (Fsp3) is 1.00. The first-order chi connectivity index (χ1) is 6.93. The summed E-state index contributed by atoms with van der Waals surface area (Å²) < 4.78 is 5.56. The first-order valence-corrected chi connectivity index (χ1v) is 5.94. The summed E-state index contributed by atoms with van der Waals surface area (Å²) in [6.07, 6.45) is 3.88. The zero-order chi connectivity index (χ0) is 10.1. The van der Waals surface area contributed by atoms with Gasteiger partial charge in [0, 0.05) is 13.2 Å². The summed E-state index contributed by atoms with van der Waals surface area (Å²) in [5.74, 6) is 0. The topological polar surface area (TPSA) is 24.5 Å². The van der Waals surface area contributed by atoms with Crippen molar-refractivity contribution in [2.45, 2.75) is 26.2 Å². The molecule has 1 heterocycles. The van der Waals surface area contributed by atoms with Gasteiger partial charge in [0.1, 0.15) is 0 Å². The van der Waals surface area contributed by atoms with Crippen molar-refractivity contribution in [1.29, 1.82) is 0 Å². The fourth-order valence-electron chi connectivity index (χ4n) is 1.78. The molecule has 0 saturated carbocycles. The number of rotatable bonds is 8. The molecule has 0 radical (unpaired) electrons. The van der Waals surface area contributed by atoms with Gasteiger partial charge in [-0.2, -0.15) is 0 Å². The minimum Gasteiger partial charge on any atom is -0.380 e. The first kappa shape index (κ1) is 12.0. The molecule has 3 nitrogen and oxygen atoms in total. The Kier molecular flexibility index (Phi) is 7.01. The van der Waals surface area contributed by atoms with Crippen molar-refractivity contribution in [2.75, 3.05) is 45.9 Å². The van der Waals surface area contributed by atoms with Crippen LogP contribution in [0.1, 0.15) is 26.2 Å². The molecule has 1 aliphatic rings. The lowest BCUT2D eigenvalue weighted by atomic mass is 10.4. The van der Waals surface area contributed by atoms with E-state index in [2.05, 4.69) is 17.1 Å². The maximum Gasteiger partial charge on any atom is 0.0593 e. The molecule has 1 fully saturated rings. The van der Waals surface area contributed by atoms with Crippen LogP contribution in [0.15, 0.2) is 0 Å². The highest BCUT2D eigenvalue weighted by Gasteiger charge is 2.09. The third-order valence-electron chi connectivity index (χ3n) is 2.64. The molecule has 1 rings (SSSR count). The molecule has 0 aliphatic carbocycles. The predicted octanol–water partition coefficient (Wildman–Crippen LogP) is 1.10. The van der Waals surface area contributed by atoms with Gasteiger partial charge >= 0.3 is 0 Å².